The average Bonchev–Trinajstić information content (AvgIpc) is 2.92. The highest BCUT2D eigenvalue weighted by atomic mass is 19.1. The number of hydrogen-bond acceptors (Lipinski definition) is 5. The van der Waals surface area contributed by atoms with E-state index in [1.165, 1.54) is 6.20 Å². The van der Waals surface area contributed by atoms with Gasteiger partial charge in [-0.3, -0.25) is 4.90 Å². The Morgan fingerprint density at radius 2 is 2.15 bits per heavy atom. The molecule has 1 aromatic rings. The quantitative estimate of drug-likeness (QED) is 0.863. The first-order chi connectivity index (χ1) is 9.69. The van der Waals surface area contributed by atoms with Gasteiger partial charge >= 0.3 is 0 Å². The second-order valence-electron chi connectivity index (χ2n) is 5.01. The molecule has 6 heteroatoms. The monoisotopic (exact) mass is 281 g/mol. The predicted molar refractivity (Wildman–Crippen MR) is 79.7 cm³/mol. The summed E-state index contributed by atoms with van der Waals surface area (Å²) < 4.78 is 13.9. The lowest BCUT2D eigenvalue weighted by atomic mass is 10.2. The molecule has 1 aromatic heterocycles. The molecule has 2 heterocycles. The van der Waals surface area contributed by atoms with Crippen molar-refractivity contribution < 1.29 is 4.39 Å². The Bertz CT molecular complexity index is 436. The van der Waals surface area contributed by atoms with Crippen molar-refractivity contribution in [1.29, 1.82) is 0 Å². The van der Waals surface area contributed by atoms with Crippen molar-refractivity contribution in [2.45, 2.75) is 33.2 Å². The Balaban J connectivity index is 2.11. The van der Waals surface area contributed by atoms with E-state index >= 15 is 0 Å². The topological polar surface area (TPSA) is 44.3 Å². The number of likely N-dealkylation sites (N-methyl/N-ethyl adjacent to an activating group) is 1. The minimum Gasteiger partial charge on any atom is -0.354 e. The van der Waals surface area contributed by atoms with Crippen molar-refractivity contribution in [3.63, 3.8) is 0 Å². The molecule has 1 unspecified atom stereocenters. The molecule has 2 rings (SSSR count). The number of halogens is 1. The summed E-state index contributed by atoms with van der Waals surface area (Å²) in [6.45, 7) is 10.8. The van der Waals surface area contributed by atoms with Crippen LogP contribution in [0.25, 0.3) is 0 Å². The number of nitrogens with zero attached hydrogens (tertiary/aromatic N) is 4. The fourth-order valence-corrected chi connectivity index (χ4v) is 2.80. The molecular weight excluding hydrogens is 257 g/mol. The Morgan fingerprint density at radius 3 is 2.80 bits per heavy atom. The fourth-order valence-electron chi connectivity index (χ4n) is 2.80. The third-order valence-corrected chi connectivity index (χ3v) is 3.85. The van der Waals surface area contributed by atoms with E-state index in [2.05, 4.69) is 34.0 Å². The maximum absolute atomic E-state index is 13.9. The summed E-state index contributed by atoms with van der Waals surface area (Å²) >= 11 is 0. The third-order valence-electron chi connectivity index (χ3n) is 3.85. The largest absolute Gasteiger partial charge is 0.354 e. The van der Waals surface area contributed by atoms with Gasteiger partial charge in [-0.1, -0.05) is 13.8 Å². The first-order valence-corrected chi connectivity index (χ1v) is 7.44. The first-order valence-electron chi connectivity index (χ1n) is 7.44. The van der Waals surface area contributed by atoms with Crippen LogP contribution in [0.3, 0.4) is 0 Å². The molecule has 1 atom stereocenters. The summed E-state index contributed by atoms with van der Waals surface area (Å²) in [7, 11) is 0. The molecule has 1 aliphatic rings. The Hall–Kier alpha value is -1.43. The summed E-state index contributed by atoms with van der Waals surface area (Å²) in [6, 6.07) is 0.488. The van der Waals surface area contributed by atoms with Crippen LogP contribution in [0.4, 0.5) is 16.2 Å². The lowest BCUT2D eigenvalue weighted by Crippen LogP contribution is -2.37. The normalized spacial score (nSPS) is 18.9. The van der Waals surface area contributed by atoms with Crippen LogP contribution >= 0.6 is 0 Å². The first kappa shape index (κ1) is 15.0. The lowest BCUT2D eigenvalue weighted by Gasteiger charge is -2.26. The summed E-state index contributed by atoms with van der Waals surface area (Å²) in [6.07, 6.45) is 2.31. The van der Waals surface area contributed by atoms with E-state index in [9.17, 15) is 4.39 Å². The molecule has 0 saturated carbocycles. The molecular formula is C14H24FN5. The van der Waals surface area contributed by atoms with Crippen LogP contribution in [0.15, 0.2) is 6.20 Å². The standard InChI is InChI=1S/C14H24FN5/c1-4-16-14-17-9-12(15)13(18-14)20-8-7-11(10-20)19(5-2)6-3/h9,11H,4-8,10H2,1-3H3,(H,16,17,18). The van der Waals surface area contributed by atoms with Crippen molar-refractivity contribution in [3.8, 4) is 0 Å². The van der Waals surface area contributed by atoms with E-state index in [0.717, 1.165) is 39.1 Å². The van der Waals surface area contributed by atoms with E-state index in [0.29, 0.717) is 17.8 Å². The van der Waals surface area contributed by atoms with Gasteiger partial charge in [-0.2, -0.15) is 4.98 Å². The summed E-state index contributed by atoms with van der Waals surface area (Å²) in [5.41, 5.74) is 0. The summed E-state index contributed by atoms with van der Waals surface area (Å²) in [5, 5.41) is 3.03. The van der Waals surface area contributed by atoms with Gasteiger partial charge in [-0.25, -0.2) is 9.37 Å². The number of nitrogens with one attached hydrogen (secondary N) is 1. The highest BCUT2D eigenvalue weighted by Crippen LogP contribution is 2.24. The zero-order chi connectivity index (χ0) is 14.5. The maximum Gasteiger partial charge on any atom is 0.224 e. The van der Waals surface area contributed by atoms with E-state index in [1.54, 1.807) is 0 Å². The van der Waals surface area contributed by atoms with Gasteiger partial charge in [0.2, 0.25) is 5.95 Å². The molecule has 0 aromatic carbocycles. The highest BCUT2D eigenvalue weighted by molar-refractivity contribution is 5.45. The van der Waals surface area contributed by atoms with Crippen LogP contribution in [0.2, 0.25) is 0 Å². The van der Waals surface area contributed by atoms with Gasteiger partial charge in [-0.05, 0) is 26.4 Å². The van der Waals surface area contributed by atoms with Crippen LogP contribution in [0, 0.1) is 5.82 Å². The van der Waals surface area contributed by atoms with Crippen LogP contribution in [-0.4, -0.2) is 53.6 Å². The molecule has 0 radical (unpaired) electrons. The average molecular weight is 281 g/mol. The lowest BCUT2D eigenvalue weighted by molar-refractivity contribution is 0.232. The van der Waals surface area contributed by atoms with Crippen LogP contribution in [-0.2, 0) is 0 Å². The molecule has 20 heavy (non-hydrogen) atoms. The van der Waals surface area contributed by atoms with Gasteiger partial charge in [0.1, 0.15) is 0 Å². The molecule has 0 bridgehead atoms. The van der Waals surface area contributed by atoms with Gasteiger partial charge in [0.25, 0.3) is 0 Å². The van der Waals surface area contributed by atoms with Crippen molar-refractivity contribution in [1.82, 2.24) is 14.9 Å². The van der Waals surface area contributed by atoms with E-state index in [4.69, 9.17) is 0 Å². The highest BCUT2D eigenvalue weighted by Gasteiger charge is 2.28. The smallest absolute Gasteiger partial charge is 0.224 e. The Labute approximate surface area is 120 Å². The molecule has 0 aliphatic carbocycles. The molecule has 0 amide bonds. The number of aromatic nitrogens is 2. The second-order valence-corrected chi connectivity index (χ2v) is 5.01. The zero-order valence-electron chi connectivity index (χ0n) is 12.6. The SMILES string of the molecule is CCNc1ncc(F)c(N2CCC(N(CC)CC)C2)n1. The van der Waals surface area contributed by atoms with Gasteiger partial charge in [0, 0.05) is 25.7 Å². The van der Waals surface area contributed by atoms with Crippen LogP contribution < -0.4 is 10.2 Å². The van der Waals surface area contributed by atoms with Crippen molar-refractivity contribution in [3.05, 3.63) is 12.0 Å². The van der Waals surface area contributed by atoms with Gasteiger partial charge in [0.05, 0.1) is 6.20 Å². The predicted octanol–water partition coefficient (Wildman–Crippen LogP) is 1.97. The van der Waals surface area contributed by atoms with Gasteiger partial charge in [0.15, 0.2) is 11.6 Å². The van der Waals surface area contributed by atoms with E-state index in [-0.39, 0.29) is 5.82 Å². The molecule has 1 N–H and O–H groups in total. The summed E-state index contributed by atoms with van der Waals surface area (Å²) in [4.78, 5) is 12.7. The number of hydrogen-bond donors (Lipinski definition) is 1. The molecule has 5 nitrogen and oxygen atoms in total. The molecule has 1 fully saturated rings. The molecule has 0 spiro atoms. The van der Waals surface area contributed by atoms with Gasteiger partial charge < -0.3 is 10.2 Å². The Kier molecular flexibility index (Phi) is 5.11. The van der Waals surface area contributed by atoms with Crippen molar-refractivity contribution >= 4 is 11.8 Å². The van der Waals surface area contributed by atoms with E-state index < -0.39 is 0 Å². The third kappa shape index (κ3) is 3.17. The zero-order valence-corrected chi connectivity index (χ0v) is 12.6. The van der Waals surface area contributed by atoms with Crippen LogP contribution in [0.5, 0.6) is 0 Å². The van der Waals surface area contributed by atoms with E-state index in [1.807, 2.05) is 11.8 Å². The van der Waals surface area contributed by atoms with Crippen molar-refractivity contribution in [2.75, 3.05) is 42.9 Å². The Morgan fingerprint density at radius 1 is 1.40 bits per heavy atom. The fraction of sp³-hybridized carbons (Fsp3) is 0.714. The van der Waals surface area contributed by atoms with Crippen molar-refractivity contribution in [2.24, 2.45) is 0 Å². The summed E-state index contributed by atoms with van der Waals surface area (Å²) in [5.74, 6) is 0.577. The molecule has 1 aliphatic heterocycles. The molecule has 112 valence electrons. The minimum absolute atomic E-state index is 0.341. The molecule has 1 saturated heterocycles. The maximum atomic E-state index is 13.9. The number of anilines is 2. The van der Waals surface area contributed by atoms with Gasteiger partial charge in [-0.15, -0.1) is 0 Å². The second kappa shape index (κ2) is 6.83. The minimum atomic E-state index is -0.341. The van der Waals surface area contributed by atoms with Crippen LogP contribution in [0.1, 0.15) is 27.2 Å². The number of rotatable bonds is 6.